The molecule has 5 heteroatoms. The summed E-state index contributed by atoms with van der Waals surface area (Å²) in [5, 5.41) is 3.22. The summed E-state index contributed by atoms with van der Waals surface area (Å²) in [6, 6.07) is 21.1. The molecule has 37 heavy (non-hydrogen) atoms. The summed E-state index contributed by atoms with van der Waals surface area (Å²) in [5.74, 6) is 0.537. The first-order chi connectivity index (χ1) is 18.0. The van der Waals surface area contributed by atoms with Crippen LogP contribution in [0.3, 0.4) is 0 Å². The Labute approximate surface area is 217 Å². The summed E-state index contributed by atoms with van der Waals surface area (Å²) in [5.41, 5.74) is 5.09. The molecule has 0 bridgehead atoms. The highest BCUT2D eigenvalue weighted by Gasteiger charge is 2.33. The first kappa shape index (κ1) is 23.9. The molecule has 0 spiro atoms. The zero-order valence-corrected chi connectivity index (χ0v) is 21.1. The molecule has 4 nitrogen and oxygen atoms in total. The van der Waals surface area contributed by atoms with E-state index >= 15 is 0 Å². The molecule has 6 rings (SSSR count). The summed E-state index contributed by atoms with van der Waals surface area (Å²) in [7, 11) is 0. The number of rotatable bonds is 8. The summed E-state index contributed by atoms with van der Waals surface area (Å²) >= 11 is 0. The van der Waals surface area contributed by atoms with Crippen LogP contribution in [-0.2, 0) is 24.3 Å². The summed E-state index contributed by atoms with van der Waals surface area (Å²) in [6.45, 7) is 0.705. The van der Waals surface area contributed by atoms with Gasteiger partial charge in [-0.3, -0.25) is 9.59 Å². The van der Waals surface area contributed by atoms with Gasteiger partial charge in [0.1, 0.15) is 5.82 Å². The molecule has 3 aliphatic rings. The number of carbonyl (C=O) groups excluding carboxylic acids is 2. The molecule has 2 saturated carbocycles. The minimum Gasteiger partial charge on any atom is -0.330 e. The first-order valence-corrected chi connectivity index (χ1v) is 13.6. The molecule has 1 aliphatic heterocycles. The van der Waals surface area contributed by atoms with Crippen LogP contribution in [-0.4, -0.2) is 16.7 Å². The van der Waals surface area contributed by atoms with Crippen molar-refractivity contribution >= 4 is 17.5 Å². The van der Waals surface area contributed by atoms with Gasteiger partial charge in [-0.2, -0.15) is 0 Å². The fraction of sp³-hybridized carbons (Fsp3) is 0.375. The topological polar surface area (TPSA) is 49.4 Å². The van der Waals surface area contributed by atoms with E-state index in [0.29, 0.717) is 23.6 Å². The van der Waals surface area contributed by atoms with E-state index in [0.717, 1.165) is 54.8 Å². The van der Waals surface area contributed by atoms with Gasteiger partial charge in [-0.1, -0.05) is 55.3 Å². The maximum absolute atomic E-state index is 14.2. The van der Waals surface area contributed by atoms with Gasteiger partial charge in [0.05, 0.1) is 12.5 Å². The predicted molar refractivity (Wildman–Crippen MR) is 143 cm³/mol. The van der Waals surface area contributed by atoms with Gasteiger partial charge in [-0.25, -0.2) is 4.39 Å². The Morgan fingerprint density at radius 2 is 1.70 bits per heavy atom. The largest absolute Gasteiger partial charge is 0.330 e. The van der Waals surface area contributed by atoms with Crippen LogP contribution in [0.5, 0.6) is 0 Å². The third-order valence-electron chi connectivity index (χ3n) is 8.27. The molecule has 3 aromatic rings. The van der Waals surface area contributed by atoms with E-state index in [1.807, 2.05) is 36.4 Å². The van der Waals surface area contributed by atoms with Crippen molar-refractivity contribution in [1.82, 2.24) is 4.90 Å². The number of nitrogens with one attached hydrogen (secondary N) is 1. The van der Waals surface area contributed by atoms with Crippen LogP contribution in [0.2, 0.25) is 0 Å². The van der Waals surface area contributed by atoms with Crippen LogP contribution < -0.4 is 5.32 Å². The lowest BCUT2D eigenvalue weighted by molar-refractivity contribution is -0.118. The van der Waals surface area contributed by atoms with Crippen LogP contribution in [0.15, 0.2) is 66.7 Å². The fourth-order valence-corrected chi connectivity index (χ4v) is 6.11. The van der Waals surface area contributed by atoms with Gasteiger partial charge in [0.25, 0.3) is 5.91 Å². The molecule has 0 saturated heterocycles. The molecule has 1 atom stereocenters. The van der Waals surface area contributed by atoms with Crippen LogP contribution in [0.1, 0.15) is 77.1 Å². The lowest BCUT2D eigenvalue weighted by atomic mass is 9.83. The maximum atomic E-state index is 14.2. The number of hydrogen-bond acceptors (Lipinski definition) is 2. The SMILES string of the molecule is O=C(Nc1cccc(CC2CC2)c1)[C@@H](c1ccc(CN2Cc3c(F)cccc3C2=O)cc1)C1CCCC1. The van der Waals surface area contributed by atoms with Gasteiger partial charge in [0.2, 0.25) is 5.91 Å². The third kappa shape index (κ3) is 5.18. The van der Waals surface area contributed by atoms with Crippen LogP contribution in [0.25, 0.3) is 0 Å². The minimum absolute atomic E-state index is 0.0591. The van der Waals surface area contributed by atoms with Gasteiger partial charge in [0, 0.05) is 23.4 Å². The molecule has 2 aliphatic carbocycles. The Balaban J connectivity index is 1.17. The van der Waals surface area contributed by atoms with Gasteiger partial charge in [0.15, 0.2) is 0 Å². The lowest BCUT2D eigenvalue weighted by Crippen LogP contribution is -2.27. The Kier molecular flexibility index (Phi) is 6.54. The molecule has 190 valence electrons. The van der Waals surface area contributed by atoms with Crippen LogP contribution >= 0.6 is 0 Å². The first-order valence-electron chi connectivity index (χ1n) is 13.6. The van der Waals surface area contributed by atoms with Crippen molar-refractivity contribution in [2.24, 2.45) is 11.8 Å². The number of amides is 2. The second kappa shape index (κ2) is 10.1. The number of benzene rings is 3. The van der Waals surface area contributed by atoms with E-state index in [1.54, 1.807) is 17.0 Å². The Hall–Kier alpha value is -3.47. The summed E-state index contributed by atoms with van der Waals surface area (Å²) in [4.78, 5) is 28.0. The fourth-order valence-electron chi connectivity index (χ4n) is 6.11. The van der Waals surface area contributed by atoms with Crippen molar-refractivity contribution in [2.45, 2.75) is 64.0 Å². The molecule has 2 amide bonds. The van der Waals surface area contributed by atoms with Gasteiger partial charge < -0.3 is 10.2 Å². The highest BCUT2D eigenvalue weighted by Crippen LogP contribution is 2.39. The van der Waals surface area contributed by atoms with Crippen molar-refractivity contribution in [2.75, 3.05) is 5.32 Å². The molecule has 0 aromatic heterocycles. The van der Waals surface area contributed by atoms with Gasteiger partial charge in [-0.05, 0) is 84.9 Å². The molecule has 1 N–H and O–H groups in total. The Morgan fingerprint density at radius 3 is 2.43 bits per heavy atom. The van der Waals surface area contributed by atoms with Crippen molar-refractivity contribution in [3.63, 3.8) is 0 Å². The quantitative estimate of drug-likeness (QED) is 0.371. The zero-order valence-electron chi connectivity index (χ0n) is 21.1. The molecular weight excluding hydrogens is 463 g/mol. The normalized spacial score (nSPS) is 18.2. The number of hydrogen-bond donors (Lipinski definition) is 1. The van der Waals surface area contributed by atoms with E-state index in [4.69, 9.17) is 0 Å². The average Bonchev–Trinajstić information content (AvgIpc) is 3.43. The molecular formula is C32H33FN2O2. The molecule has 1 heterocycles. The monoisotopic (exact) mass is 496 g/mol. The highest BCUT2D eigenvalue weighted by molar-refractivity contribution is 5.98. The zero-order chi connectivity index (χ0) is 25.4. The second-order valence-corrected chi connectivity index (χ2v) is 11.0. The second-order valence-electron chi connectivity index (χ2n) is 11.0. The molecule has 0 radical (unpaired) electrons. The number of fused-ring (bicyclic) bond motifs is 1. The van der Waals surface area contributed by atoms with E-state index in [2.05, 4.69) is 17.4 Å². The predicted octanol–water partition coefficient (Wildman–Crippen LogP) is 6.85. The van der Waals surface area contributed by atoms with Crippen LogP contribution in [0.4, 0.5) is 10.1 Å². The van der Waals surface area contributed by atoms with E-state index in [9.17, 15) is 14.0 Å². The number of carbonyl (C=O) groups is 2. The summed E-state index contributed by atoms with van der Waals surface area (Å²) < 4.78 is 14.2. The van der Waals surface area contributed by atoms with Gasteiger partial charge in [-0.15, -0.1) is 0 Å². The summed E-state index contributed by atoms with van der Waals surface area (Å²) in [6.07, 6.45) is 8.17. The third-order valence-corrected chi connectivity index (χ3v) is 8.27. The van der Waals surface area contributed by atoms with Crippen molar-refractivity contribution < 1.29 is 14.0 Å². The van der Waals surface area contributed by atoms with E-state index in [-0.39, 0.29) is 30.1 Å². The maximum Gasteiger partial charge on any atom is 0.254 e. The number of anilines is 1. The standard InChI is InChI=1S/C32H33FN2O2/c33-29-10-4-9-27-28(29)20-35(32(27)37)19-22-13-15-25(16-14-22)30(24-6-1-2-7-24)31(36)34-26-8-3-5-23(18-26)17-21-11-12-21/h3-5,8-10,13-16,18,21,24,30H,1-2,6-7,11-12,17,19-20H2,(H,34,36)/t30-/m1/s1. The minimum atomic E-state index is -0.327. The van der Waals surface area contributed by atoms with Crippen molar-refractivity contribution in [3.8, 4) is 0 Å². The van der Waals surface area contributed by atoms with Crippen molar-refractivity contribution in [3.05, 3.63) is 100 Å². The van der Waals surface area contributed by atoms with Crippen molar-refractivity contribution in [1.29, 1.82) is 0 Å². The highest BCUT2D eigenvalue weighted by atomic mass is 19.1. The Bertz CT molecular complexity index is 1310. The lowest BCUT2D eigenvalue weighted by Gasteiger charge is -2.24. The van der Waals surface area contributed by atoms with Gasteiger partial charge >= 0.3 is 0 Å². The smallest absolute Gasteiger partial charge is 0.254 e. The number of nitrogens with zero attached hydrogens (tertiary/aromatic N) is 1. The number of halogens is 1. The molecule has 3 aromatic carbocycles. The average molecular weight is 497 g/mol. The van der Waals surface area contributed by atoms with Crippen LogP contribution in [0, 0.1) is 17.7 Å². The molecule has 0 unspecified atom stereocenters. The molecule has 2 fully saturated rings. The van der Waals surface area contributed by atoms with E-state index < -0.39 is 0 Å². The van der Waals surface area contributed by atoms with E-state index in [1.165, 1.54) is 24.5 Å². The Morgan fingerprint density at radius 1 is 0.946 bits per heavy atom.